The maximum atomic E-state index is 9.85. The van der Waals surface area contributed by atoms with Gasteiger partial charge in [-0.05, 0) is 51.9 Å². The van der Waals surface area contributed by atoms with Gasteiger partial charge in [0, 0.05) is 18.3 Å². The molecule has 0 aliphatic rings. The smallest absolute Gasteiger partial charge is 0.137 e. The largest absolute Gasteiger partial charge is 0.304 e. The van der Waals surface area contributed by atoms with Crippen LogP contribution in [0, 0.1) is 18.3 Å². The predicted molar refractivity (Wildman–Crippen MR) is 89.8 cm³/mol. The number of hydrogen-bond donors (Lipinski definition) is 0. The summed E-state index contributed by atoms with van der Waals surface area (Å²) < 4.78 is 2.11. The van der Waals surface area contributed by atoms with Gasteiger partial charge in [-0.3, -0.25) is 4.90 Å². The lowest BCUT2D eigenvalue weighted by Gasteiger charge is -2.36. The molecule has 22 heavy (non-hydrogen) atoms. The first-order valence-corrected chi connectivity index (χ1v) is 8.14. The minimum Gasteiger partial charge on any atom is -0.304 e. The van der Waals surface area contributed by atoms with Crippen LogP contribution in [0.3, 0.4) is 0 Å². The summed E-state index contributed by atoms with van der Waals surface area (Å²) in [7, 11) is 0. The average Bonchev–Trinajstić information content (AvgIpc) is 2.83. The van der Waals surface area contributed by atoms with Gasteiger partial charge in [-0.25, -0.2) is 4.98 Å². The fraction of sp³-hybridized carbons (Fsp3) is 0.556. The van der Waals surface area contributed by atoms with Gasteiger partial charge in [0.25, 0.3) is 0 Å². The second-order valence-electron chi connectivity index (χ2n) is 6.12. The van der Waals surface area contributed by atoms with Gasteiger partial charge in [-0.1, -0.05) is 19.9 Å². The van der Waals surface area contributed by atoms with E-state index in [1.54, 1.807) is 0 Å². The summed E-state index contributed by atoms with van der Waals surface area (Å²) in [6, 6.07) is 8.58. The normalized spacial score (nSPS) is 14.2. The fourth-order valence-electron chi connectivity index (χ4n) is 3.07. The maximum Gasteiger partial charge on any atom is 0.137 e. The van der Waals surface area contributed by atoms with Crippen LogP contribution in [-0.4, -0.2) is 32.9 Å². The van der Waals surface area contributed by atoms with Gasteiger partial charge in [-0.2, -0.15) is 5.26 Å². The molecule has 0 aliphatic heterocycles. The molecule has 0 saturated carbocycles. The summed E-state index contributed by atoms with van der Waals surface area (Å²) in [6.45, 7) is 10.3. The van der Waals surface area contributed by atoms with Crippen LogP contribution in [0.15, 0.2) is 24.4 Å². The summed E-state index contributed by atoms with van der Waals surface area (Å²) in [4.78, 5) is 6.93. The molecule has 1 atom stereocenters. The molecule has 0 radical (unpaired) electrons. The molecule has 2 aromatic rings. The van der Waals surface area contributed by atoms with Crippen molar-refractivity contribution in [3.8, 4) is 6.07 Å². The van der Waals surface area contributed by atoms with E-state index in [9.17, 15) is 5.26 Å². The number of imidazole rings is 1. The molecule has 1 unspecified atom stereocenters. The van der Waals surface area contributed by atoms with Crippen LogP contribution >= 0.6 is 0 Å². The highest BCUT2D eigenvalue weighted by Crippen LogP contribution is 2.24. The monoisotopic (exact) mass is 298 g/mol. The van der Waals surface area contributed by atoms with Crippen LogP contribution in [-0.2, 0) is 6.42 Å². The lowest BCUT2D eigenvalue weighted by molar-refractivity contribution is 0.150. The topological polar surface area (TPSA) is 44.3 Å². The van der Waals surface area contributed by atoms with E-state index in [0.717, 1.165) is 43.0 Å². The second kappa shape index (κ2) is 6.93. The maximum absolute atomic E-state index is 9.85. The van der Waals surface area contributed by atoms with Gasteiger partial charge >= 0.3 is 0 Å². The Balaban J connectivity index is 2.39. The zero-order valence-corrected chi connectivity index (χ0v) is 14.1. The summed E-state index contributed by atoms with van der Waals surface area (Å²) >= 11 is 0. The number of pyridine rings is 1. The van der Waals surface area contributed by atoms with E-state index in [1.165, 1.54) is 0 Å². The molecule has 0 aliphatic carbocycles. The third kappa shape index (κ3) is 3.15. The molecule has 0 bridgehead atoms. The quantitative estimate of drug-likeness (QED) is 0.784. The number of hydrogen-bond acceptors (Lipinski definition) is 3. The van der Waals surface area contributed by atoms with Gasteiger partial charge in [0.1, 0.15) is 11.2 Å². The molecule has 4 nitrogen and oxygen atoms in total. The molecule has 0 N–H and O–H groups in total. The molecule has 2 rings (SSSR count). The van der Waals surface area contributed by atoms with E-state index in [1.807, 2.05) is 31.3 Å². The van der Waals surface area contributed by atoms with Crippen LogP contribution in [0.1, 0.15) is 45.0 Å². The average molecular weight is 298 g/mol. The van der Waals surface area contributed by atoms with Gasteiger partial charge in [0.2, 0.25) is 0 Å². The molecule has 2 aromatic heterocycles. The van der Waals surface area contributed by atoms with Gasteiger partial charge in [0.05, 0.1) is 11.8 Å². The molecular weight excluding hydrogens is 272 g/mol. The van der Waals surface area contributed by atoms with Gasteiger partial charge in [-0.15, -0.1) is 0 Å². The zero-order valence-electron chi connectivity index (χ0n) is 14.1. The third-order valence-electron chi connectivity index (χ3n) is 4.27. The first-order valence-electron chi connectivity index (χ1n) is 8.14. The molecule has 0 aromatic carbocycles. The van der Waals surface area contributed by atoms with Crippen molar-refractivity contribution >= 4 is 5.65 Å². The van der Waals surface area contributed by atoms with Crippen molar-refractivity contribution < 1.29 is 0 Å². The lowest BCUT2D eigenvalue weighted by Crippen LogP contribution is -2.48. The van der Waals surface area contributed by atoms with Crippen molar-refractivity contribution in [3.05, 3.63) is 35.8 Å². The third-order valence-corrected chi connectivity index (χ3v) is 4.27. The fourth-order valence-corrected chi connectivity index (χ4v) is 3.07. The molecular formula is C18H26N4. The minimum absolute atomic E-state index is 0.497. The van der Waals surface area contributed by atoms with Gasteiger partial charge in [0.15, 0.2) is 0 Å². The van der Waals surface area contributed by atoms with Gasteiger partial charge < -0.3 is 4.40 Å². The Bertz CT molecular complexity index is 661. The van der Waals surface area contributed by atoms with Crippen molar-refractivity contribution in [1.82, 2.24) is 14.3 Å². The Labute approximate surface area is 133 Å². The standard InChI is InChI=1S/C18H26N4/c1-5-10-21(11-6-2)18(4,14-19)13-16-15(3)20-17-9-7-8-12-22(16)17/h7-9,12H,5-6,10-11,13H2,1-4H3. The van der Waals surface area contributed by atoms with Crippen molar-refractivity contribution in [3.63, 3.8) is 0 Å². The number of nitriles is 1. The Hall–Kier alpha value is -1.86. The molecule has 118 valence electrons. The number of aromatic nitrogens is 2. The molecule has 0 spiro atoms. The number of aryl methyl sites for hydroxylation is 1. The Kier molecular flexibility index (Phi) is 5.20. The van der Waals surface area contributed by atoms with Crippen molar-refractivity contribution in [2.45, 2.75) is 52.5 Å². The number of nitrogens with zero attached hydrogens (tertiary/aromatic N) is 4. The highest BCUT2D eigenvalue weighted by molar-refractivity contribution is 5.43. The highest BCUT2D eigenvalue weighted by Gasteiger charge is 2.33. The first kappa shape index (κ1) is 16.5. The lowest BCUT2D eigenvalue weighted by atomic mass is 9.93. The summed E-state index contributed by atoms with van der Waals surface area (Å²) in [5.41, 5.74) is 2.60. The summed E-state index contributed by atoms with van der Waals surface area (Å²) in [5, 5.41) is 9.85. The second-order valence-corrected chi connectivity index (χ2v) is 6.12. The van der Waals surface area contributed by atoms with Crippen molar-refractivity contribution in [1.29, 1.82) is 5.26 Å². The van der Waals surface area contributed by atoms with E-state index in [4.69, 9.17) is 0 Å². The molecule has 0 amide bonds. The Morgan fingerprint density at radius 2 is 1.95 bits per heavy atom. The van der Waals surface area contributed by atoms with E-state index < -0.39 is 5.54 Å². The van der Waals surface area contributed by atoms with E-state index in [2.05, 4.69) is 41.1 Å². The SMILES string of the molecule is CCCN(CCC)C(C)(C#N)Cc1c(C)nc2ccccn12. The zero-order chi connectivity index (χ0) is 16.2. The van der Waals surface area contributed by atoms with Crippen molar-refractivity contribution in [2.75, 3.05) is 13.1 Å². The Morgan fingerprint density at radius 1 is 1.27 bits per heavy atom. The van der Waals surface area contributed by atoms with E-state index in [0.29, 0.717) is 6.42 Å². The highest BCUT2D eigenvalue weighted by atomic mass is 15.2. The summed E-state index contributed by atoms with van der Waals surface area (Å²) in [6.07, 6.45) is 4.85. The number of fused-ring (bicyclic) bond motifs is 1. The Morgan fingerprint density at radius 3 is 2.55 bits per heavy atom. The number of rotatable bonds is 7. The van der Waals surface area contributed by atoms with Crippen molar-refractivity contribution in [2.24, 2.45) is 0 Å². The van der Waals surface area contributed by atoms with E-state index in [-0.39, 0.29) is 0 Å². The van der Waals surface area contributed by atoms with E-state index >= 15 is 0 Å². The van der Waals surface area contributed by atoms with Crippen LogP contribution in [0.5, 0.6) is 0 Å². The minimum atomic E-state index is -0.497. The van der Waals surface area contributed by atoms with Crippen LogP contribution < -0.4 is 0 Å². The first-order chi connectivity index (χ1) is 10.6. The molecule has 4 heteroatoms. The molecule has 0 saturated heterocycles. The molecule has 0 fully saturated rings. The van der Waals surface area contributed by atoms with Crippen LogP contribution in [0.4, 0.5) is 0 Å². The van der Waals surface area contributed by atoms with Crippen LogP contribution in [0.2, 0.25) is 0 Å². The molecule has 2 heterocycles. The predicted octanol–water partition coefficient (Wildman–Crippen LogP) is 3.59. The summed E-state index contributed by atoms with van der Waals surface area (Å²) in [5.74, 6) is 0. The van der Waals surface area contributed by atoms with Crippen LogP contribution in [0.25, 0.3) is 5.65 Å².